The monoisotopic (exact) mass is 357 g/mol. The summed E-state index contributed by atoms with van der Waals surface area (Å²) in [4.78, 5) is 49.8. The summed E-state index contributed by atoms with van der Waals surface area (Å²) in [7, 11) is 0. The highest BCUT2D eigenvalue weighted by molar-refractivity contribution is 6.06. The molecular weight excluding hydrogens is 334 g/mol. The van der Waals surface area contributed by atoms with Crippen LogP contribution in [0, 0.1) is 0 Å². The Morgan fingerprint density at radius 3 is 2.81 bits per heavy atom. The second kappa shape index (κ2) is 7.68. The molecule has 7 heteroatoms. The number of nitrogens with zero attached hydrogens (tertiary/aromatic N) is 1. The van der Waals surface area contributed by atoms with Gasteiger partial charge in [-0.1, -0.05) is 25.8 Å². The summed E-state index contributed by atoms with van der Waals surface area (Å²) in [6.07, 6.45) is 3.87. The van der Waals surface area contributed by atoms with Crippen molar-refractivity contribution in [2.45, 2.75) is 58.0 Å². The Morgan fingerprint density at radius 1 is 1.27 bits per heavy atom. The van der Waals surface area contributed by atoms with Gasteiger partial charge in [-0.25, -0.2) is 0 Å². The molecule has 4 amide bonds. The molecule has 138 valence electrons. The average molecular weight is 357 g/mol. The van der Waals surface area contributed by atoms with Crippen LogP contribution in [0.3, 0.4) is 0 Å². The summed E-state index contributed by atoms with van der Waals surface area (Å²) in [5.74, 6) is -1.06. The minimum absolute atomic E-state index is 0.0706. The van der Waals surface area contributed by atoms with E-state index in [1.54, 1.807) is 18.2 Å². The summed E-state index contributed by atoms with van der Waals surface area (Å²) in [5.41, 5.74) is 1.85. The van der Waals surface area contributed by atoms with Gasteiger partial charge in [0.15, 0.2) is 0 Å². The molecule has 3 rings (SSSR count). The van der Waals surface area contributed by atoms with Gasteiger partial charge in [-0.2, -0.15) is 0 Å². The zero-order chi connectivity index (χ0) is 18.7. The molecule has 0 aliphatic carbocycles. The number of anilines is 1. The van der Waals surface area contributed by atoms with Crippen molar-refractivity contribution in [3.05, 3.63) is 29.3 Å². The lowest BCUT2D eigenvalue weighted by atomic mass is 10.0. The number of hydrogen-bond acceptors (Lipinski definition) is 4. The lowest BCUT2D eigenvalue weighted by Gasteiger charge is -2.29. The zero-order valence-electron chi connectivity index (χ0n) is 14.8. The molecule has 0 spiro atoms. The molecule has 1 aromatic rings. The molecule has 0 bridgehead atoms. The third-order valence-electron chi connectivity index (χ3n) is 4.86. The van der Waals surface area contributed by atoms with Gasteiger partial charge in [0.05, 0.1) is 0 Å². The van der Waals surface area contributed by atoms with Gasteiger partial charge in [0.25, 0.3) is 5.91 Å². The topological polar surface area (TPSA) is 95.6 Å². The van der Waals surface area contributed by atoms with Crippen LogP contribution in [0.2, 0.25) is 0 Å². The number of imide groups is 1. The maximum Gasteiger partial charge on any atom is 0.255 e. The molecule has 7 nitrogen and oxygen atoms in total. The second-order valence-electron chi connectivity index (χ2n) is 6.74. The maximum atomic E-state index is 12.7. The number of hydrogen-bond donors (Lipinski definition) is 2. The fourth-order valence-corrected chi connectivity index (χ4v) is 3.45. The van der Waals surface area contributed by atoms with E-state index in [0.717, 1.165) is 24.8 Å². The minimum atomic E-state index is -0.652. The van der Waals surface area contributed by atoms with Crippen molar-refractivity contribution in [2.24, 2.45) is 0 Å². The fourth-order valence-electron chi connectivity index (χ4n) is 3.45. The molecule has 0 saturated carbocycles. The van der Waals surface area contributed by atoms with Crippen LogP contribution in [-0.2, 0) is 20.9 Å². The van der Waals surface area contributed by atoms with Gasteiger partial charge in [-0.3, -0.25) is 24.5 Å². The van der Waals surface area contributed by atoms with Crippen molar-refractivity contribution in [2.75, 3.05) is 5.32 Å². The van der Waals surface area contributed by atoms with E-state index in [2.05, 4.69) is 17.6 Å². The minimum Gasteiger partial charge on any atom is -0.326 e. The lowest BCUT2D eigenvalue weighted by molar-refractivity contribution is -0.137. The highest BCUT2D eigenvalue weighted by Gasteiger charge is 2.39. The molecule has 1 saturated heterocycles. The van der Waals surface area contributed by atoms with Gasteiger partial charge in [0.2, 0.25) is 17.7 Å². The van der Waals surface area contributed by atoms with Crippen molar-refractivity contribution in [3.63, 3.8) is 0 Å². The molecule has 2 N–H and O–H groups in total. The molecule has 26 heavy (non-hydrogen) atoms. The normalized spacial score (nSPS) is 19.3. The Labute approximate surface area is 152 Å². The third kappa shape index (κ3) is 3.61. The van der Waals surface area contributed by atoms with Crippen LogP contribution in [0.1, 0.15) is 61.4 Å². The number of benzene rings is 1. The SMILES string of the molecule is CCCCCC(=O)Nc1cccc2c1CN(C1CCC(=O)NC1=O)C2=O. The van der Waals surface area contributed by atoms with Crippen LogP contribution >= 0.6 is 0 Å². The summed E-state index contributed by atoms with van der Waals surface area (Å²) >= 11 is 0. The fraction of sp³-hybridized carbons (Fsp3) is 0.474. The first-order chi connectivity index (χ1) is 12.5. The molecule has 2 heterocycles. The van der Waals surface area contributed by atoms with Crippen LogP contribution in [0.25, 0.3) is 0 Å². The quantitative estimate of drug-likeness (QED) is 0.601. The number of amides is 4. The van der Waals surface area contributed by atoms with Crippen molar-refractivity contribution in [3.8, 4) is 0 Å². The van der Waals surface area contributed by atoms with E-state index in [1.165, 1.54) is 4.90 Å². The molecule has 0 radical (unpaired) electrons. The van der Waals surface area contributed by atoms with Gasteiger partial charge < -0.3 is 10.2 Å². The van der Waals surface area contributed by atoms with Crippen molar-refractivity contribution < 1.29 is 19.2 Å². The third-order valence-corrected chi connectivity index (χ3v) is 4.86. The molecule has 1 aromatic carbocycles. The van der Waals surface area contributed by atoms with Crippen LogP contribution in [0.15, 0.2) is 18.2 Å². The smallest absolute Gasteiger partial charge is 0.255 e. The highest BCUT2D eigenvalue weighted by Crippen LogP contribution is 2.32. The molecule has 1 atom stereocenters. The summed E-state index contributed by atoms with van der Waals surface area (Å²) in [6, 6.07) is 4.56. The van der Waals surface area contributed by atoms with Gasteiger partial charge >= 0.3 is 0 Å². The van der Waals surface area contributed by atoms with Gasteiger partial charge in [-0.05, 0) is 25.0 Å². The number of fused-ring (bicyclic) bond motifs is 1. The first-order valence-electron chi connectivity index (χ1n) is 9.07. The van der Waals surface area contributed by atoms with E-state index in [-0.39, 0.29) is 30.7 Å². The Kier molecular flexibility index (Phi) is 5.35. The van der Waals surface area contributed by atoms with E-state index in [9.17, 15) is 19.2 Å². The van der Waals surface area contributed by atoms with Gasteiger partial charge in [-0.15, -0.1) is 0 Å². The Balaban J connectivity index is 1.74. The van der Waals surface area contributed by atoms with Crippen LogP contribution in [0.5, 0.6) is 0 Å². The van der Waals surface area contributed by atoms with Gasteiger partial charge in [0, 0.05) is 36.2 Å². The number of nitrogens with one attached hydrogen (secondary N) is 2. The molecule has 2 aliphatic rings. The van der Waals surface area contributed by atoms with E-state index >= 15 is 0 Å². The average Bonchev–Trinajstić information content (AvgIpc) is 2.93. The number of carbonyl (C=O) groups excluding carboxylic acids is 4. The number of unbranched alkanes of at least 4 members (excludes halogenated alkanes) is 2. The van der Waals surface area contributed by atoms with Crippen molar-refractivity contribution >= 4 is 29.3 Å². The molecule has 0 aromatic heterocycles. The van der Waals surface area contributed by atoms with E-state index in [1.807, 2.05) is 0 Å². The van der Waals surface area contributed by atoms with Crippen LogP contribution in [-0.4, -0.2) is 34.6 Å². The van der Waals surface area contributed by atoms with Gasteiger partial charge in [0.1, 0.15) is 6.04 Å². The first-order valence-corrected chi connectivity index (χ1v) is 9.07. The number of carbonyl (C=O) groups is 4. The Morgan fingerprint density at radius 2 is 2.08 bits per heavy atom. The second-order valence-corrected chi connectivity index (χ2v) is 6.74. The predicted octanol–water partition coefficient (Wildman–Crippen LogP) is 1.97. The summed E-state index contributed by atoms with van der Waals surface area (Å²) in [6.45, 7) is 2.34. The maximum absolute atomic E-state index is 12.7. The van der Waals surface area contributed by atoms with E-state index < -0.39 is 11.9 Å². The van der Waals surface area contributed by atoms with Crippen LogP contribution in [0.4, 0.5) is 5.69 Å². The number of piperidine rings is 1. The first kappa shape index (κ1) is 18.1. The largest absolute Gasteiger partial charge is 0.326 e. The molecule has 1 unspecified atom stereocenters. The van der Waals surface area contributed by atoms with Crippen LogP contribution < -0.4 is 10.6 Å². The summed E-state index contributed by atoms with van der Waals surface area (Å²) < 4.78 is 0. The lowest BCUT2D eigenvalue weighted by Crippen LogP contribution is -2.52. The molecule has 2 aliphatic heterocycles. The van der Waals surface area contributed by atoms with Crippen molar-refractivity contribution in [1.29, 1.82) is 0 Å². The predicted molar refractivity (Wildman–Crippen MR) is 95.3 cm³/mol. The summed E-state index contributed by atoms with van der Waals surface area (Å²) in [5, 5.41) is 5.18. The standard InChI is InChI=1S/C19H23N3O4/c1-2-3-4-8-16(23)20-14-7-5-6-12-13(14)11-22(19(12)26)15-9-10-17(24)21-18(15)25/h5-7,15H,2-4,8-11H2,1H3,(H,20,23)(H,21,24,25). The Hall–Kier alpha value is -2.70. The molecule has 1 fully saturated rings. The highest BCUT2D eigenvalue weighted by atomic mass is 16.2. The number of rotatable bonds is 6. The van der Waals surface area contributed by atoms with Crippen molar-refractivity contribution in [1.82, 2.24) is 10.2 Å². The van der Waals surface area contributed by atoms with E-state index in [0.29, 0.717) is 24.1 Å². The van der Waals surface area contributed by atoms with E-state index in [4.69, 9.17) is 0 Å². The Bertz CT molecular complexity index is 759. The zero-order valence-corrected chi connectivity index (χ0v) is 14.8. The molecular formula is C19H23N3O4.